The fraction of sp³-hybridized carbons (Fsp3) is 0.333. The minimum atomic E-state index is 0.202. The Morgan fingerprint density at radius 1 is 0.929 bits per heavy atom. The lowest BCUT2D eigenvalue weighted by Crippen LogP contribution is -2.50. The van der Waals surface area contributed by atoms with Crippen LogP contribution in [0.4, 0.5) is 5.82 Å². The summed E-state index contributed by atoms with van der Waals surface area (Å²) in [5, 5.41) is 4.14. The summed E-state index contributed by atoms with van der Waals surface area (Å²) in [5.74, 6) is 1.22. The number of pyridine rings is 1. The maximum Gasteiger partial charge on any atom is 0.237 e. The van der Waals surface area contributed by atoms with Crippen LogP contribution in [0.2, 0.25) is 0 Å². The van der Waals surface area contributed by atoms with Crippen LogP contribution >= 0.6 is 22.7 Å². The van der Waals surface area contributed by atoms with Crippen molar-refractivity contribution >= 4 is 34.4 Å². The van der Waals surface area contributed by atoms with Crippen LogP contribution in [0, 0.1) is 0 Å². The van der Waals surface area contributed by atoms with Crippen LogP contribution in [0.25, 0.3) is 0 Å². The molecule has 4 heterocycles. The second-order valence-corrected chi connectivity index (χ2v) is 8.92. The molecule has 1 amide bonds. The van der Waals surface area contributed by atoms with Gasteiger partial charge in [-0.2, -0.15) is 0 Å². The molecule has 0 N–H and O–H groups in total. The highest BCUT2D eigenvalue weighted by atomic mass is 32.1. The molecule has 146 valence electrons. The van der Waals surface area contributed by atoms with E-state index in [1.807, 2.05) is 41.4 Å². The third kappa shape index (κ3) is 4.98. The standard InChI is InChI=1S/C21H24N4OS2/c26-21(17-23-9-11-24(12-10-23)20-7-1-2-8-22-20)25(15-18-5-3-13-27-18)16-19-6-4-14-28-19/h1-8,13-14H,9-12,15-17H2. The highest BCUT2D eigenvalue weighted by Gasteiger charge is 2.23. The molecule has 5 nitrogen and oxygen atoms in total. The summed E-state index contributed by atoms with van der Waals surface area (Å²) >= 11 is 3.42. The number of aromatic nitrogens is 1. The Hall–Kier alpha value is -2.22. The Morgan fingerprint density at radius 2 is 1.61 bits per heavy atom. The maximum absolute atomic E-state index is 13.1. The number of hydrogen-bond acceptors (Lipinski definition) is 6. The molecule has 0 saturated carbocycles. The lowest BCUT2D eigenvalue weighted by molar-refractivity contribution is -0.133. The summed E-state index contributed by atoms with van der Waals surface area (Å²) in [5.41, 5.74) is 0. The maximum atomic E-state index is 13.1. The molecule has 3 aromatic rings. The van der Waals surface area contributed by atoms with Crippen LogP contribution in [0.15, 0.2) is 59.4 Å². The SMILES string of the molecule is O=C(CN1CCN(c2ccccn2)CC1)N(Cc1cccs1)Cc1cccs1. The van der Waals surface area contributed by atoms with E-state index in [0.29, 0.717) is 19.6 Å². The number of nitrogens with zero attached hydrogens (tertiary/aromatic N) is 4. The normalized spacial score (nSPS) is 14.9. The van der Waals surface area contributed by atoms with Crippen LogP contribution in [-0.2, 0) is 17.9 Å². The second kappa shape index (κ2) is 9.32. The summed E-state index contributed by atoms with van der Waals surface area (Å²) < 4.78 is 0. The Labute approximate surface area is 173 Å². The van der Waals surface area contributed by atoms with Gasteiger partial charge in [-0.15, -0.1) is 22.7 Å². The number of piperazine rings is 1. The van der Waals surface area contributed by atoms with Crippen molar-refractivity contribution < 1.29 is 4.79 Å². The quantitative estimate of drug-likeness (QED) is 0.595. The van der Waals surface area contributed by atoms with Gasteiger partial charge in [0, 0.05) is 42.1 Å². The van der Waals surface area contributed by atoms with Crippen molar-refractivity contribution in [3.05, 3.63) is 69.2 Å². The molecule has 28 heavy (non-hydrogen) atoms. The molecule has 0 radical (unpaired) electrons. The smallest absolute Gasteiger partial charge is 0.237 e. The highest BCUT2D eigenvalue weighted by molar-refractivity contribution is 7.10. The Balaban J connectivity index is 1.35. The molecule has 0 unspecified atom stereocenters. The zero-order chi connectivity index (χ0) is 19.2. The molecule has 1 aliphatic heterocycles. The van der Waals surface area contributed by atoms with Gasteiger partial charge in [-0.05, 0) is 35.0 Å². The summed E-state index contributed by atoms with van der Waals surface area (Å²) in [6, 6.07) is 14.3. The molecule has 1 saturated heterocycles. The zero-order valence-corrected chi connectivity index (χ0v) is 17.4. The van der Waals surface area contributed by atoms with Crippen molar-refractivity contribution in [2.24, 2.45) is 0 Å². The van der Waals surface area contributed by atoms with E-state index in [1.165, 1.54) is 9.75 Å². The number of anilines is 1. The summed E-state index contributed by atoms with van der Waals surface area (Å²) in [4.78, 5) is 26.5. The van der Waals surface area contributed by atoms with Gasteiger partial charge in [0.05, 0.1) is 19.6 Å². The average Bonchev–Trinajstić information content (AvgIpc) is 3.43. The van der Waals surface area contributed by atoms with Gasteiger partial charge in [-0.3, -0.25) is 9.69 Å². The minimum Gasteiger partial charge on any atom is -0.354 e. The van der Waals surface area contributed by atoms with E-state index in [2.05, 4.69) is 37.7 Å². The number of amides is 1. The van der Waals surface area contributed by atoms with E-state index in [-0.39, 0.29) is 5.91 Å². The van der Waals surface area contributed by atoms with Crippen molar-refractivity contribution in [3.8, 4) is 0 Å². The molecule has 0 aromatic carbocycles. The molecule has 0 aliphatic carbocycles. The first kappa shape index (κ1) is 19.1. The average molecular weight is 413 g/mol. The van der Waals surface area contributed by atoms with Crippen molar-refractivity contribution in [1.29, 1.82) is 0 Å². The fourth-order valence-corrected chi connectivity index (χ4v) is 4.82. The first-order chi connectivity index (χ1) is 13.8. The monoisotopic (exact) mass is 412 g/mol. The third-order valence-electron chi connectivity index (χ3n) is 4.91. The molecule has 3 aromatic heterocycles. The molecule has 1 aliphatic rings. The molecular formula is C21H24N4OS2. The Morgan fingerprint density at radius 3 is 2.14 bits per heavy atom. The van der Waals surface area contributed by atoms with Crippen LogP contribution in [0.1, 0.15) is 9.75 Å². The molecular weight excluding hydrogens is 388 g/mol. The number of carbonyl (C=O) groups excluding carboxylic acids is 1. The molecule has 0 atom stereocenters. The number of hydrogen-bond donors (Lipinski definition) is 0. The predicted molar refractivity (Wildman–Crippen MR) is 116 cm³/mol. The lowest BCUT2D eigenvalue weighted by Gasteiger charge is -2.36. The van der Waals surface area contributed by atoms with Crippen LogP contribution in [0.5, 0.6) is 0 Å². The second-order valence-electron chi connectivity index (χ2n) is 6.86. The van der Waals surface area contributed by atoms with Crippen LogP contribution in [-0.4, -0.2) is 53.4 Å². The number of rotatable bonds is 7. The molecule has 0 spiro atoms. The van der Waals surface area contributed by atoms with E-state index >= 15 is 0 Å². The van der Waals surface area contributed by atoms with Crippen LogP contribution in [0.3, 0.4) is 0 Å². The largest absolute Gasteiger partial charge is 0.354 e. The van der Waals surface area contributed by atoms with Gasteiger partial charge in [0.25, 0.3) is 0 Å². The minimum absolute atomic E-state index is 0.202. The Bertz CT molecular complexity index is 808. The first-order valence-corrected chi connectivity index (χ1v) is 11.2. The van der Waals surface area contributed by atoms with E-state index in [9.17, 15) is 4.79 Å². The molecule has 0 bridgehead atoms. The highest BCUT2D eigenvalue weighted by Crippen LogP contribution is 2.18. The third-order valence-corrected chi connectivity index (χ3v) is 6.63. The van der Waals surface area contributed by atoms with Gasteiger partial charge in [0.15, 0.2) is 0 Å². The van der Waals surface area contributed by atoms with Gasteiger partial charge in [0.1, 0.15) is 5.82 Å². The van der Waals surface area contributed by atoms with E-state index in [0.717, 1.165) is 32.0 Å². The summed E-state index contributed by atoms with van der Waals surface area (Å²) in [6.07, 6.45) is 1.83. The molecule has 4 rings (SSSR count). The van der Waals surface area contributed by atoms with Gasteiger partial charge in [0.2, 0.25) is 5.91 Å². The van der Waals surface area contributed by atoms with Crippen molar-refractivity contribution in [3.63, 3.8) is 0 Å². The molecule has 1 fully saturated rings. The van der Waals surface area contributed by atoms with Gasteiger partial charge in [-0.1, -0.05) is 18.2 Å². The van der Waals surface area contributed by atoms with Gasteiger partial charge in [-0.25, -0.2) is 4.98 Å². The van der Waals surface area contributed by atoms with Gasteiger partial charge < -0.3 is 9.80 Å². The van der Waals surface area contributed by atoms with Crippen molar-refractivity contribution in [1.82, 2.24) is 14.8 Å². The number of thiophene rings is 2. The fourth-order valence-electron chi connectivity index (χ4n) is 3.38. The first-order valence-electron chi connectivity index (χ1n) is 9.49. The Kier molecular flexibility index (Phi) is 6.36. The van der Waals surface area contributed by atoms with Crippen molar-refractivity contribution in [2.75, 3.05) is 37.6 Å². The van der Waals surface area contributed by atoms with Gasteiger partial charge >= 0.3 is 0 Å². The van der Waals surface area contributed by atoms with Crippen LogP contribution < -0.4 is 4.90 Å². The van der Waals surface area contributed by atoms with E-state index < -0.39 is 0 Å². The topological polar surface area (TPSA) is 39.7 Å². The van der Waals surface area contributed by atoms with Crippen molar-refractivity contribution in [2.45, 2.75) is 13.1 Å². The van der Waals surface area contributed by atoms with E-state index in [4.69, 9.17) is 0 Å². The number of carbonyl (C=O) groups is 1. The van der Waals surface area contributed by atoms with E-state index in [1.54, 1.807) is 22.7 Å². The molecule has 7 heteroatoms. The lowest BCUT2D eigenvalue weighted by atomic mass is 10.3. The summed E-state index contributed by atoms with van der Waals surface area (Å²) in [6.45, 7) is 5.42. The predicted octanol–water partition coefficient (Wildman–Crippen LogP) is 3.56. The zero-order valence-electron chi connectivity index (χ0n) is 15.7. The summed E-state index contributed by atoms with van der Waals surface area (Å²) in [7, 11) is 0.